The third kappa shape index (κ3) is 11.8. The summed E-state index contributed by atoms with van der Waals surface area (Å²) >= 11 is 0. The fourth-order valence-electron chi connectivity index (χ4n) is 1.88. The Morgan fingerprint density at radius 3 is 2.15 bits per heavy atom. The highest BCUT2D eigenvalue weighted by Crippen LogP contribution is 2.11. The normalized spacial score (nSPS) is 10.6. The van der Waals surface area contributed by atoms with Crippen LogP contribution in [0.25, 0.3) is 0 Å². The molecule has 0 unspecified atom stereocenters. The number of ether oxygens (including phenoxy) is 1. The molecule has 0 bridgehead atoms. The van der Waals surface area contributed by atoms with Gasteiger partial charge in [0.15, 0.2) is 0 Å². The predicted octanol–water partition coefficient (Wildman–Crippen LogP) is 3.95. The number of carbonyl (C=O) groups is 2. The highest BCUT2D eigenvalue weighted by atomic mass is 16.5. The first-order valence-corrected chi connectivity index (χ1v) is 7.50. The second-order valence-electron chi connectivity index (χ2n) is 5.61. The second kappa shape index (κ2) is 11.5. The second-order valence-corrected chi connectivity index (χ2v) is 5.61. The average molecular weight is 284 g/mol. The maximum Gasteiger partial charge on any atom is 0.333 e. The number of hydrogen-bond donors (Lipinski definition) is 1. The van der Waals surface area contributed by atoms with E-state index >= 15 is 0 Å². The number of carboxylic acids is 1. The number of rotatable bonds is 12. The van der Waals surface area contributed by atoms with Crippen LogP contribution < -0.4 is 0 Å². The van der Waals surface area contributed by atoms with Gasteiger partial charge in [0.05, 0.1) is 13.0 Å². The van der Waals surface area contributed by atoms with Crippen molar-refractivity contribution >= 4 is 11.9 Å². The van der Waals surface area contributed by atoms with E-state index in [0.29, 0.717) is 6.61 Å². The molecule has 1 N–H and O–H groups in total. The van der Waals surface area contributed by atoms with Gasteiger partial charge in [-0.3, -0.25) is 4.79 Å². The van der Waals surface area contributed by atoms with Crippen LogP contribution in [0.4, 0.5) is 0 Å². The summed E-state index contributed by atoms with van der Waals surface area (Å²) in [7, 11) is 0. The lowest BCUT2D eigenvalue weighted by atomic mass is 10.0. The molecule has 0 aromatic rings. The van der Waals surface area contributed by atoms with Crippen LogP contribution in [0.5, 0.6) is 0 Å². The molecule has 0 aromatic carbocycles. The van der Waals surface area contributed by atoms with E-state index in [9.17, 15) is 9.59 Å². The number of carboxylic acid groups (broad SMARTS) is 1. The van der Waals surface area contributed by atoms with Crippen LogP contribution in [0.3, 0.4) is 0 Å². The maximum absolute atomic E-state index is 11.3. The van der Waals surface area contributed by atoms with Crippen molar-refractivity contribution in [1.82, 2.24) is 0 Å². The Kier molecular flexibility index (Phi) is 10.7. The molecule has 0 aliphatic carbocycles. The topological polar surface area (TPSA) is 63.6 Å². The van der Waals surface area contributed by atoms with Gasteiger partial charge in [-0.05, 0) is 12.3 Å². The van der Waals surface area contributed by atoms with Gasteiger partial charge < -0.3 is 9.84 Å². The van der Waals surface area contributed by atoms with Gasteiger partial charge in [0, 0.05) is 5.57 Å². The molecule has 0 aliphatic heterocycles. The molecule has 4 nitrogen and oxygen atoms in total. The Morgan fingerprint density at radius 2 is 1.60 bits per heavy atom. The Bertz CT molecular complexity index is 308. The van der Waals surface area contributed by atoms with Crippen molar-refractivity contribution in [3.63, 3.8) is 0 Å². The summed E-state index contributed by atoms with van der Waals surface area (Å²) in [5.74, 6) is -0.869. The Labute approximate surface area is 122 Å². The summed E-state index contributed by atoms with van der Waals surface area (Å²) in [4.78, 5) is 21.7. The molecule has 4 heteroatoms. The van der Waals surface area contributed by atoms with Crippen LogP contribution in [-0.2, 0) is 14.3 Å². The van der Waals surface area contributed by atoms with Gasteiger partial charge in [0.2, 0.25) is 0 Å². The van der Waals surface area contributed by atoms with Gasteiger partial charge in [-0.2, -0.15) is 0 Å². The van der Waals surface area contributed by atoms with Crippen molar-refractivity contribution in [1.29, 1.82) is 0 Å². The molecule has 0 rings (SSSR count). The van der Waals surface area contributed by atoms with Gasteiger partial charge in [-0.25, -0.2) is 4.79 Å². The predicted molar refractivity (Wildman–Crippen MR) is 79.5 cm³/mol. The lowest BCUT2D eigenvalue weighted by Gasteiger charge is -2.06. The standard InChI is InChI=1S/C16H28O4/c1-13(2)10-8-6-4-5-7-9-11-20-16(19)14(3)12-15(17)18/h13H,3-12H2,1-2H3,(H,17,18). The first kappa shape index (κ1) is 18.7. The van der Waals surface area contributed by atoms with Crippen LogP contribution in [0.2, 0.25) is 0 Å². The van der Waals surface area contributed by atoms with Crippen molar-refractivity contribution in [2.24, 2.45) is 5.92 Å². The van der Waals surface area contributed by atoms with Crippen LogP contribution in [0, 0.1) is 5.92 Å². The summed E-state index contributed by atoms with van der Waals surface area (Å²) < 4.78 is 4.96. The van der Waals surface area contributed by atoms with E-state index in [1.165, 1.54) is 25.7 Å². The van der Waals surface area contributed by atoms with Gasteiger partial charge in [0.1, 0.15) is 0 Å². The van der Waals surface area contributed by atoms with E-state index in [2.05, 4.69) is 20.4 Å². The number of aliphatic carboxylic acids is 1. The van der Waals surface area contributed by atoms with Gasteiger partial charge in [0.25, 0.3) is 0 Å². The van der Waals surface area contributed by atoms with Crippen LogP contribution in [-0.4, -0.2) is 23.7 Å². The molecule has 0 spiro atoms. The highest BCUT2D eigenvalue weighted by molar-refractivity contribution is 5.92. The van der Waals surface area contributed by atoms with E-state index in [4.69, 9.17) is 9.84 Å². The van der Waals surface area contributed by atoms with E-state index in [0.717, 1.165) is 25.2 Å². The molecule has 116 valence electrons. The first-order valence-electron chi connectivity index (χ1n) is 7.50. The Balaban J connectivity index is 3.37. The fourth-order valence-corrected chi connectivity index (χ4v) is 1.88. The molecule has 0 atom stereocenters. The van der Waals surface area contributed by atoms with Crippen molar-refractivity contribution in [2.45, 2.75) is 65.2 Å². The quantitative estimate of drug-likeness (QED) is 0.335. The number of carbonyl (C=O) groups excluding carboxylic acids is 1. The monoisotopic (exact) mass is 284 g/mol. The van der Waals surface area contributed by atoms with Crippen molar-refractivity contribution in [2.75, 3.05) is 6.61 Å². The van der Waals surface area contributed by atoms with Crippen molar-refractivity contribution in [3.8, 4) is 0 Å². The summed E-state index contributed by atoms with van der Waals surface area (Å²) in [6.07, 6.45) is 7.77. The fraction of sp³-hybridized carbons (Fsp3) is 0.750. The van der Waals surface area contributed by atoms with Crippen LogP contribution in [0.1, 0.15) is 65.2 Å². The molecule has 0 saturated heterocycles. The number of esters is 1. The third-order valence-corrected chi connectivity index (χ3v) is 3.06. The van der Waals surface area contributed by atoms with Crippen LogP contribution >= 0.6 is 0 Å². The minimum Gasteiger partial charge on any atom is -0.481 e. The molecular formula is C16H28O4. The summed E-state index contributed by atoms with van der Waals surface area (Å²) in [6, 6.07) is 0. The van der Waals surface area contributed by atoms with Crippen molar-refractivity contribution < 1.29 is 19.4 Å². The Hall–Kier alpha value is -1.32. The van der Waals surface area contributed by atoms with E-state index < -0.39 is 11.9 Å². The molecule has 0 heterocycles. The minimum absolute atomic E-state index is 0.00573. The van der Waals surface area contributed by atoms with E-state index in [1.807, 2.05) is 0 Å². The summed E-state index contributed by atoms with van der Waals surface area (Å²) in [5, 5.41) is 8.51. The van der Waals surface area contributed by atoms with Crippen molar-refractivity contribution in [3.05, 3.63) is 12.2 Å². The van der Waals surface area contributed by atoms with E-state index in [-0.39, 0.29) is 12.0 Å². The van der Waals surface area contributed by atoms with Gasteiger partial charge in [-0.15, -0.1) is 0 Å². The zero-order valence-electron chi connectivity index (χ0n) is 12.8. The zero-order chi connectivity index (χ0) is 15.4. The first-order chi connectivity index (χ1) is 9.43. The smallest absolute Gasteiger partial charge is 0.333 e. The molecule has 0 saturated carbocycles. The van der Waals surface area contributed by atoms with E-state index in [1.54, 1.807) is 0 Å². The lowest BCUT2D eigenvalue weighted by molar-refractivity contribution is -0.142. The maximum atomic E-state index is 11.3. The summed E-state index contributed by atoms with van der Waals surface area (Å²) in [6.45, 7) is 8.24. The molecule has 0 radical (unpaired) electrons. The number of hydrogen-bond acceptors (Lipinski definition) is 3. The average Bonchev–Trinajstić information content (AvgIpc) is 2.35. The highest BCUT2D eigenvalue weighted by Gasteiger charge is 2.11. The molecule has 0 fully saturated rings. The molecule has 20 heavy (non-hydrogen) atoms. The Morgan fingerprint density at radius 1 is 1.05 bits per heavy atom. The largest absolute Gasteiger partial charge is 0.481 e. The van der Waals surface area contributed by atoms with Crippen LogP contribution in [0.15, 0.2) is 12.2 Å². The molecular weight excluding hydrogens is 256 g/mol. The third-order valence-electron chi connectivity index (χ3n) is 3.06. The SMILES string of the molecule is C=C(CC(=O)O)C(=O)OCCCCCCCCC(C)C. The van der Waals surface area contributed by atoms with Gasteiger partial charge >= 0.3 is 11.9 Å². The molecule has 0 aromatic heterocycles. The molecule has 0 aliphatic rings. The zero-order valence-corrected chi connectivity index (χ0v) is 12.8. The minimum atomic E-state index is -1.06. The summed E-state index contributed by atoms with van der Waals surface area (Å²) in [5.41, 5.74) is 0.00573. The lowest BCUT2D eigenvalue weighted by Crippen LogP contribution is -2.11. The number of unbranched alkanes of at least 4 members (excludes halogenated alkanes) is 5. The van der Waals surface area contributed by atoms with Gasteiger partial charge in [-0.1, -0.05) is 59.0 Å². The molecule has 0 amide bonds.